The van der Waals surface area contributed by atoms with Crippen molar-refractivity contribution in [2.75, 3.05) is 26.2 Å². The predicted molar refractivity (Wildman–Crippen MR) is 120 cm³/mol. The van der Waals surface area contributed by atoms with Gasteiger partial charge >= 0.3 is 6.03 Å². The van der Waals surface area contributed by atoms with Gasteiger partial charge in [-0.25, -0.2) is 9.18 Å². The van der Waals surface area contributed by atoms with Crippen LogP contribution in [0.2, 0.25) is 0 Å². The second-order valence-corrected chi connectivity index (χ2v) is 8.57. The van der Waals surface area contributed by atoms with E-state index >= 15 is 0 Å². The molecule has 6 nitrogen and oxygen atoms in total. The van der Waals surface area contributed by atoms with Crippen LogP contribution in [0.1, 0.15) is 47.2 Å². The van der Waals surface area contributed by atoms with Crippen molar-refractivity contribution in [2.45, 2.75) is 45.3 Å². The van der Waals surface area contributed by atoms with Crippen molar-refractivity contribution in [1.29, 1.82) is 0 Å². The number of halogens is 1. The lowest BCUT2D eigenvalue weighted by Gasteiger charge is -2.34. The minimum absolute atomic E-state index is 0.148. The molecule has 1 heterocycles. The van der Waals surface area contributed by atoms with E-state index in [9.17, 15) is 14.0 Å². The molecule has 2 aliphatic rings. The van der Waals surface area contributed by atoms with Crippen molar-refractivity contribution >= 4 is 11.9 Å². The second kappa shape index (κ2) is 10.0. The van der Waals surface area contributed by atoms with Gasteiger partial charge in [0.2, 0.25) is 0 Å². The van der Waals surface area contributed by atoms with Gasteiger partial charge in [0.05, 0.1) is 6.10 Å². The summed E-state index contributed by atoms with van der Waals surface area (Å²) in [5, 5.41) is 2.94. The number of hydrogen-bond donors (Lipinski definition) is 1. The molecule has 0 atom stereocenters. The minimum atomic E-state index is -0.382. The van der Waals surface area contributed by atoms with Crippen molar-refractivity contribution in [1.82, 2.24) is 15.1 Å². The van der Waals surface area contributed by atoms with E-state index in [1.54, 1.807) is 28.9 Å². The van der Waals surface area contributed by atoms with Gasteiger partial charge in [-0.3, -0.25) is 4.79 Å². The average molecular weight is 440 g/mol. The average Bonchev–Trinajstić information content (AvgIpc) is 3.33. The molecule has 0 bridgehead atoms. The number of hydrogen-bond acceptors (Lipinski definition) is 3. The number of rotatable bonds is 5. The predicted octanol–water partition coefficient (Wildman–Crippen LogP) is 4.12. The number of aryl methyl sites for hydroxylation is 1. The Morgan fingerprint density at radius 2 is 1.66 bits per heavy atom. The Morgan fingerprint density at radius 1 is 1.00 bits per heavy atom. The summed E-state index contributed by atoms with van der Waals surface area (Å²) >= 11 is 0. The summed E-state index contributed by atoms with van der Waals surface area (Å²) in [5.41, 5.74) is 1.86. The Morgan fingerprint density at radius 3 is 2.31 bits per heavy atom. The van der Waals surface area contributed by atoms with Crippen LogP contribution in [0.5, 0.6) is 5.75 Å². The van der Waals surface area contributed by atoms with Gasteiger partial charge < -0.3 is 19.9 Å². The Balaban J connectivity index is 1.22. The molecule has 1 aliphatic heterocycles. The highest BCUT2D eigenvalue weighted by atomic mass is 19.1. The highest BCUT2D eigenvalue weighted by Crippen LogP contribution is 2.24. The summed E-state index contributed by atoms with van der Waals surface area (Å²) in [6.07, 6.45) is 5.05. The first-order valence-electron chi connectivity index (χ1n) is 11.3. The molecule has 0 spiro atoms. The van der Waals surface area contributed by atoms with Crippen LogP contribution in [0, 0.1) is 12.7 Å². The van der Waals surface area contributed by atoms with Gasteiger partial charge in [-0.15, -0.1) is 0 Å². The molecule has 1 N–H and O–H groups in total. The molecule has 2 aromatic rings. The van der Waals surface area contributed by atoms with E-state index in [-0.39, 0.29) is 17.8 Å². The molecule has 0 aromatic heterocycles. The maximum Gasteiger partial charge on any atom is 0.317 e. The number of ether oxygens (including phenoxy) is 1. The smallest absolute Gasteiger partial charge is 0.317 e. The monoisotopic (exact) mass is 439 g/mol. The van der Waals surface area contributed by atoms with Gasteiger partial charge in [0.15, 0.2) is 0 Å². The van der Waals surface area contributed by atoms with E-state index in [1.165, 1.54) is 18.9 Å². The molecule has 3 amide bonds. The van der Waals surface area contributed by atoms with E-state index in [0.717, 1.165) is 24.2 Å². The van der Waals surface area contributed by atoms with Crippen LogP contribution in [0.25, 0.3) is 0 Å². The SMILES string of the molecule is Cc1ccc(C(=O)N2CCN(C(=O)NCc3ccc(OC4CCCC4)cc3)CC2)cc1F. The van der Waals surface area contributed by atoms with Crippen LogP contribution in [0.15, 0.2) is 42.5 Å². The zero-order valence-corrected chi connectivity index (χ0v) is 18.5. The van der Waals surface area contributed by atoms with Gasteiger partial charge in [-0.1, -0.05) is 18.2 Å². The van der Waals surface area contributed by atoms with Crippen molar-refractivity contribution in [3.63, 3.8) is 0 Å². The van der Waals surface area contributed by atoms with Gasteiger partial charge in [0.1, 0.15) is 11.6 Å². The Kier molecular flexibility index (Phi) is 6.93. The van der Waals surface area contributed by atoms with Crippen molar-refractivity contribution in [2.24, 2.45) is 0 Å². The normalized spacial score (nSPS) is 16.8. The number of carbonyl (C=O) groups excluding carboxylic acids is 2. The van der Waals surface area contributed by atoms with Gasteiger partial charge in [0.25, 0.3) is 5.91 Å². The third-order valence-corrected chi connectivity index (χ3v) is 6.24. The first-order chi connectivity index (χ1) is 15.5. The summed E-state index contributed by atoms with van der Waals surface area (Å²) in [6, 6.07) is 12.2. The van der Waals surface area contributed by atoms with Crippen LogP contribution in [0.3, 0.4) is 0 Å². The van der Waals surface area contributed by atoms with E-state index in [1.807, 2.05) is 24.3 Å². The molecule has 1 saturated carbocycles. The standard InChI is InChI=1S/C25H30FN3O3/c1-18-6-9-20(16-23(18)26)24(30)28-12-14-29(15-13-28)25(31)27-17-19-7-10-22(11-8-19)32-21-4-2-3-5-21/h6-11,16,21H,2-5,12-15,17H2,1H3,(H,27,31). The zero-order chi connectivity index (χ0) is 22.5. The number of amides is 3. The molecule has 1 saturated heterocycles. The summed E-state index contributed by atoms with van der Waals surface area (Å²) < 4.78 is 19.7. The van der Waals surface area contributed by atoms with Crippen LogP contribution in [-0.2, 0) is 6.54 Å². The maximum absolute atomic E-state index is 13.8. The van der Waals surface area contributed by atoms with Crippen LogP contribution < -0.4 is 10.1 Å². The van der Waals surface area contributed by atoms with Crippen LogP contribution >= 0.6 is 0 Å². The number of piperazine rings is 1. The van der Waals surface area contributed by atoms with E-state index < -0.39 is 0 Å². The highest BCUT2D eigenvalue weighted by molar-refractivity contribution is 5.94. The lowest BCUT2D eigenvalue weighted by Crippen LogP contribution is -2.53. The fourth-order valence-electron chi connectivity index (χ4n) is 4.20. The van der Waals surface area contributed by atoms with E-state index in [0.29, 0.717) is 50.0 Å². The second-order valence-electron chi connectivity index (χ2n) is 8.57. The maximum atomic E-state index is 13.8. The largest absolute Gasteiger partial charge is 0.490 e. The van der Waals surface area contributed by atoms with Crippen molar-refractivity contribution < 1.29 is 18.7 Å². The Hall–Kier alpha value is -3.09. The quantitative estimate of drug-likeness (QED) is 0.762. The minimum Gasteiger partial charge on any atom is -0.490 e. The molecule has 32 heavy (non-hydrogen) atoms. The zero-order valence-electron chi connectivity index (χ0n) is 18.5. The summed E-state index contributed by atoms with van der Waals surface area (Å²) in [5.74, 6) is 0.289. The lowest BCUT2D eigenvalue weighted by molar-refractivity contribution is 0.0664. The number of carbonyl (C=O) groups is 2. The fraction of sp³-hybridized carbons (Fsp3) is 0.440. The fourth-order valence-corrected chi connectivity index (χ4v) is 4.20. The number of nitrogens with one attached hydrogen (secondary N) is 1. The molecular weight excluding hydrogens is 409 g/mol. The van der Waals surface area contributed by atoms with Crippen molar-refractivity contribution in [3.05, 3.63) is 65.0 Å². The first-order valence-corrected chi connectivity index (χ1v) is 11.3. The topological polar surface area (TPSA) is 61.9 Å². The number of urea groups is 1. The lowest BCUT2D eigenvalue weighted by atomic mass is 10.1. The molecule has 1 aliphatic carbocycles. The third-order valence-electron chi connectivity index (χ3n) is 6.24. The molecule has 7 heteroatoms. The number of nitrogens with zero attached hydrogens (tertiary/aromatic N) is 2. The summed E-state index contributed by atoms with van der Waals surface area (Å²) in [4.78, 5) is 28.5. The first kappa shape index (κ1) is 22.1. The van der Waals surface area contributed by atoms with Crippen LogP contribution in [-0.4, -0.2) is 54.0 Å². The molecule has 2 fully saturated rings. The molecule has 4 rings (SSSR count). The Labute approximate surface area is 188 Å². The molecule has 0 radical (unpaired) electrons. The van der Waals surface area contributed by atoms with E-state index in [2.05, 4.69) is 5.32 Å². The van der Waals surface area contributed by atoms with Gasteiger partial charge in [-0.05, 0) is 68.0 Å². The summed E-state index contributed by atoms with van der Waals surface area (Å²) in [6.45, 7) is 3.84. The van der Waals surface area contributed by atoms with Crippen molar-refractivity contribution in [3.8, 4) is 5.75 Å². The van der Waals surface area contributed by atoms with E-state index in [4.69, 9.17) is 4.74 Å². The summed E-state index contributed by atoms with van der Waals surface area (Å²) in [7, 11) is 0. The molecule has 170 valence electrons. The van der Waals surface area contributed by atoms with Gasteiger partial charge in [0, 0.05) is 38.3 Å². The third kappa shape index (κ3) is 5.39. The highest BCUT2D eigenvalue weighted by Gasteiger charge is 2.25. The molecule has 2 aromatic carbocycles. The molecule has 0 unspecified atom stereocenters. The van der Waals surface area contributed by atoms with Gasteiger partial charge in [-0.2, -0.15) is 0 Å². The Bertz CT molecular complexity index is 949. The molecular formula is C25H30FN3O3. The number of benzene rings is 2. The van der Waals surface area contributed by atoms with Crippen LogP contribution in [0.4, 0.5) is 9.18 Å².